The molecule has 6 heteroatoms. The summed E-state index contributed by atoms with van der Waals surface area (Å²) in [4.78, 5) is 24.1. The second kappa shape index (κ2) is 6.56. The molecule has 0 saturated carbocycles. The van der Waals surface area contributed by atoms with E-state index in [1.807, 2.05) is 25.1 Å². The van der Waals surface area contributed by atoms with Crippen molar-refractivity contribution in [1.82, 2.24) is 0 Å². The predicted octanol–water partition coefficient (Wildman–Crippen LogP) is 4.43. The number of esters is 1. The van der Waals surface area contributed by atoms with E-state index in [0.717, 1.165) is 28.7 Å². The second-order valence-electron chi connectivity index (χ2n) is 4.95. The van der Waals surface area contributed by atoms with Gasteiger partial charge in [0, 0.05) is 17.0 Å². The number of fused-ring (bicyclic) bond motifs is 1. The van der Waals surface area contributed by atoms with E-state index in [4.69, 9.17) is 20.8 Å². The van der Waals surface area contributed by atoms with Gasteiger partial charge < -0.3 is 9.15 Å². The fourth-order valence-corrected chi connectivity index (χ4v) is 3.19. The van der Waals surface area contributed by atoms with Gasteiger partial charge in [0.1, 0.15) is 17.1 Å². The van der Waals surface area contributed by atoms with Gasteiger partial charge in [-0.1, -0.05) is 30.7 Å². The Bertz CT molecular complexity index is 926. The summed E-state index contributed by atoms with van der Waals surface area (Å²) in [6.45, 7) is 2.03. The van der Waals surface area contributed by atoms with Gasteiger partial charge in [0.25, 0.3) is 0 Å². The Kier molecular flexibility index (Phi) is 4.50. The fraction of sp³-hybridized carbons (Fsp3) is 0.176. The molecule has 0 aliphatic carbocycles. The number of rotatable bonds is 4. The van der Waals surface area contributed by atoms with Crippen LogP contribution in [0.1, 0.15) is 27.7 Å². The summed E-state index contributed by atoms with van der Waals surface area (Å²) in [5.41, 5.74) is 1.73. The number of aryl methyl sites for hydroxylation is 1. The van der Waals surface area contributed by atoms with Crippen LogP contribution in [0.5, 0.6) is 0 Å². The first-order valence-electron chi connectivity index (χ1n) is 7.05. The third-order valence-electron chi connectivity index (χ3n) is 3.44. The Morgan fingerprint density at radius 2 is 2.09 bits per heavy atom. The molecule has 0 atom stereocenters. The average Bonchev–Trinajstić information content (AvgIpc) is 2.98. The van der Waals surface area contributed by atoms with Crippen LogP contribution in [0.15, 0.2) is 45.6 Å². The van der Waals surface area contributed by atoms with Crippen molar-refractivity contribution >= 4 is 39.9 Å². The molecule has 3 aromatic rings. The van der Waals surface area contributed by atoms with E-state index in [0.29, 0.717) is 20.4 Å². The molecule has 0 aliphatic heterocycles. The van der Waals surface area contributed by atoms with Gasteiger partial charge in [-0.2, -0.15) is 0 Å². The largest absolute Gasteiger partial charge is 0.457 e. The maximum absolute atomic E-state index is 12.0. The van der Waals surface area contributed by atoms with Crippen LogP contribution in [0.2, 0.25) is 4.34 Å². The van der Waals surface area contributed by atoms with Gasteiger partial charge in [0.2, 0.25) is 0 Å². The molecule has 0 radical (unpaired) electrons. The number of halogens is 1. The second-order valence-corrected chi connectivity index (χ2v) is 6.67. The molecule has 3 rings (SSSR count). The van der Waals surface area contributed by atoms with Crippen LogP contribution in [-0.2, 0) is 17.8 Å². The summed E-state index contributed by atoms with van der Waals surface area (Å²) < 4.78 is 11.0. The lowest BCUT2D eigenvalue weighted by atomic mass is 10.1. The van der Waals surface area contributed by atoms with Gasteiger partial charge in [-0.05, 0) is 30.2 Å². The smallest absolute Gasteiger partial charge is 0.348 e. The zero-order chi connectivity index (χ0) is 16.4. The Morgan fingerprint density at radius 1 is 1.26 bits per heavy atom. The number of hydrogen-bond acceptors (Lipinski definition) is 5. The van der Waals surface area contributed by atoms with Gasteiger partial charge in [0.05, 0.1) is 4.34 Å². The van der Waals surface area contributed by atoms with Crippen molar-refractivity contribution in [2.45, 2.75) is 20.0 Å². The van der Waals surface area contributed by atoms with Gasteiger partial charge in [0.15, 0.2) is 0 Å². The average molecular weight is 349 g/mol. The summed E-state index contributed by atoms with van der Waals surface area (Å²) in [5.74, 6) is -0.464. The molecule has 1 aromatic carbocycles. The maximum atomic E-state index is 12.0. The molecule has 4 nitrogen and oxygen atoms in total. The van der Waals surface area contributed by atoms with E-state index in [1.54, 1.807) is 12.1 Å². The quantitative estimate of drug-likeness (QED) is 0.517. The van der Waals surface area contributed by atoms with Crippen molar-refractivity contribution in [3.05, 3.63) is 67.2 Å². The van der Waals surface area contributed by atoms with Crippen LogP contribution in [0.25, 0.3) is 11.0 Å². The molecular weight excluding hydrogens is 336 g/mol. The topological polar surface area (TPSA) is 56.5 Å². The lowest BCUT2D eigenvalue weighted by molar-refractivity contribution is 0.0479. The highest BCUT2D eigenvalue weighted by atomic mass is 35.5. The molecule has 0 unspecified atom stereocenters. The molecular formula is C17H13ClO4S. The molecule has 0 saturated heterocycles. The number of hydrogen-bond donors (Lipinski definition) is 0. The number of carbonyl (C=O) groups is 1. The Hall–Kier alpha value is -2.11. The minimum atomic E-state index is -0.464. The Morgan fingerprint density at radius 3 is 2.78 bits per heavy atom. The first-order valence-corrected chi connectivity index (χ1v) is 8.24. The minimum absolute atomic E-state index is 0.00191. The molecule has 2 heterocycles. The highest BCUT2D eigenvalue weighted by molar-refractivity contribution is 7.17. The highest BCUT2D eigenvalue weighted by Gasteiger charge is 2.12. The van der Waals surface area contributed by atoms with Crippen LogP contribution < -0.4 is 5.63 Å². The summed E-state index contributed by atoms with van der Waals surface area (Å²) in [7, 11) is 0. The standard InChI is InChI=1S/C17H13ClO4S/c1-2-10-3-4-12-11(8-16(19)22-13(12)7-10)9-21-17(20)14-5-6-15(18)23-14/h3-8H,2,9H2,1H3. The zero-order valence-electron chi connectivity index (χ0n) is 12.3. The highest BCUT2D eigenvalue weighted by Crippen LogP contribution is 2.23. The number of thiophene rings is 1. The van der Waals surface area contributed by atoms with Crippen LogP contribution >= 0.6 is 22.9 Å². The SMILES string of the molecule is CCc1ccc2c(COC(=O)c3ccc(Cl)s3)cc(=O)oc2c1. The van der Waals surface area contributed by atoms with Crippen molar-refractivity contribution < 1.29 is 13.9 Å². The van der Waals surface area contributed by atoms with Crippen molar-refractivity contribution in [2.24, 2.45) is 0 Å². The molecule has 0 bridgehead atoms. The van der Waals surface area contributed by atoms with E-state index in [9.17, 15) is 9.59 Å². The minimum Gasteiger partial charge on any atom is -0.457 e. The molecule has 2 aromatic heterocycles. The molecule has 0 fully saturated rings. The first-order chi connectivity index (χ1) is 11.1. The molecule has 0 aliphatic rings. The van der Waals surface area contributed by atoms with Gasteiger partial charge in [-0.15, -0.1) is 11.3 Å². The van der Waals surface area contributed by atoms with E-state index < -0.39 is 11.6 Å². The maximum Gasteiger partial charge on any atom is 0.348 e. The van der Waals surface area contributed by atoms with Crippen molar-refractivity contribution in [1.29, 1.82) is 0 Å². The van der Waals surface area contributed by atoms with Crippen molar-refractivity contribution in [3.63, 3.8) is 0 Å². The van der Waals surface area contributed by atoms with Crippen molar-refractivity contribution in [2.75, 3.05) is 0 Å². The lowest BCUT2D eigenvalue weighted by Crippen LogP contribution is -2.07. The number of benzene rings is 1. The summed E-state index contributed by atoms with van der Waals surface area (Å²) in [6.07, 6.45) is 0.845. The Balaban J connectivity index is 1.87. The molecule has 23 heavy (non-hydrogen) atoms. The molecule has 0 N–H and O–H groups in total. The van der Waals surface area contributed by atoms with Gasteiger partial charge in [-0.25, -0.2) is 9.59 Å². The first kappa shape index (κ1) is 15.8. The van der Waals surface area contributed by atoms with E-state index in [-0.39, 0.29) is 6.61 Å². The lowest BCUT2D eigenvalue weighted by Gasteiger charge is -2.07. The van der Waals surface area contributed by atoms with Crippen LogP contribution in [0.3, 0.4) is 0 Å². The normalized spacial score (nSPS) is 10.9. The van der Waals surface area contributed by atoms with Gasteiger partial charge in [-0.3, -0.25) is 0 Å². The zero-order valence-corrected chi connectivity index (χ0v) is 13.9. The van der Waals surface area contributed by atoms with Crippen LogP contribution in [0, 0.1) is 0 Å². The van der Waals surface area contributed by atoms with Crippen LogP contribution in [-0.4, -0.2) is 5.97 Å². The fourth-order valence-electron chi connectivity index (χ4n) is 2.25. The Labute approximate surface area is 141 Å². The van der Waals surface area contributed by atoms with Gasteiger partial charge >= 0.3 is 11.6 Å². The summed E-state index contributed by atoms with van der Waals surface area (Å²) >= 11 is 6.96. The van der Waals surface area contributed by atoms with Crippen LogP contribution in [0.4, 0.5) is 0 Å². The van der Waals surface area contributed by atoms with Crippen molar-refractivity contribution in [3.8, 4) is 0 Å². The summed E-state index contributed by atoms with van der Waals surface area (Å²) in [6, 6.07) is 10.3. The number of carbonyl (C=O) groups excluding carboxylic acids is 1. The van der Waals surface area contributed by atoms with E-state index in [2.05, 4.69) is 0 Å². The monoisotopic (exact) mass is 348 g/mol. The van der Waals surface area contributed by atoms with E-state index >= 15 is 0 Å². The third kappa shape index (κ3) is 3.46. The van der Waals surface area contributed by atoms with E-state index in [1.165, 1.54) is 6.07 Å². The predicted molar refractivity (Wildman–Crippen MR) is 90.3 cm³/mol. The molecule has 0 spiro atoms. The summed E-state index contributed by atoms with van der Waals surface area (Å²) in [5, 5.41) is 0.763. The third-order valence-corrected chi connectivity index (χ3v) is 4.65. The molecule has 0 amide bonds. The number of ether oxygens (including phenoxy) is 1. The molecule has 118 valence electrons.